The molecular weight excluding hydrogens is 448 g/mol. The number of hydrogen-bond donors (Lipinski definition) is 4. The maximum atomic E-state index is 10.4. The summed E-state index contributed by atoms with van der Waals surface area (Å²) in [6.07, 6.45) is -2.14. The number of aliphatic hydroxyl groups is 4. The van der Waals surface area contributed by atoms with Gasteiger partial charge in [-0.25, -0.2) is 0 Å². The van der Waals surface area contributed by atoms with Crippen LogP contribution in [0.15, 0.2) is 42.5 Å². The minimum absolute atomic E-state index is 0.0745. The van der Waals surface area contributed by atoms with Gasteiger partial charge in [0.05, 0.1) is 12.7 Å². The molecule has 0 bridgehead atoms. The molecule has 7 atom stereocenters. The highest BCUT2D eigenvalue weighted by Crippen LogP contribution is 2.34. The lowest BCUT2D eigenvalue weighted by atomic mass is 9.90. The maximum absolute atomic E-state index is 10.4. The number of benzene rings is 2. The van der Waals surface area contributed by atoms with E-state index < -0.39 is 37.1 Å². The topological polar surface area (TPSA) is 109 Å². The normalized spacial score (nSPS) is 32.1. The first-order valence-electron chi connectivity index (χ1n) is 11.3. The van der Waals surface area contributed by atoms with Gasteiger partial charge in [0.2, 0.25) is 0 Å². The summed E-state index contributed by atoms with van der Waals surface area (Å²) in [5, 5.41) is 40.6. The molecule has 1 aliphatic heterocycles. The first-order chi connectivity index (χ1) is 15.9. The van der Waals surface area contributed by atoms with Crippen LogP contribution in [0.1, 0.15) is 42.1 Å². The maximum Gasteiger partial charge on any atom is 0.125 e. The Morgan fingerprint density at radius 1 is 0.970 bits per heavy atom. The van der Waals surface area contributed by atoms with Gasteiger partial charge >= 0.3 is 0 Å². The number of hydrogen-bond acceptors (Lipinski definition) is 7. The molecule has 33 heavy (non-hydrogen) atoms. The van der Waals surface area contributed by atoms with Crippen molar-refractivity contribution in [2.75, 3.05) is 13.7 Å². The molecule has 2 aromatic rings. The molecule has 2 aromatic carbocycles. The fourth-order valence-corrected chi connectivity index (χ4v) is 4.85. The predicted octanol–water partition coefficient (Wildman–Crippen LogP) is 2.39. The van der Waals surface area contributed by atoms with Crippen molar-refractivity contribution in [2.45, 2.75) is 68.4 Å². The van der Waals surface area contributed by atoms with Crippen LogP contribution in [0.5, 0.6) is 5.75 Å². The van der Waals surface area contributed by atoms with Crippen molar-refractivity contribution in [3.63, 3.8) is 0 Å². The summed E-state index contributed by atoms with van der Waals surface area (Å²) in [4.78, 5) is 0. The molecule has 7 nitrogen and oxygen atoms in total. The van der Waals surface area contributed by atoms with E-state index in [4.69, 9.17) is 25.8 Å². The van der Waals surface area contributed by atoms with Crippen LogP contribution in [0.4, 0.5) is 0 Å². The second kappa shape index (κ2) is 10.7. The molecule has 2 unspecified atom stereocenters. The molecule has 1 saturated carbocycles. The van der Waals surface area contributed by atoms with Crippen molar-refractivity contribution < 1.29 is 34.6 Å². The lowest BCUT2D eigenvalue weighted by Gasteiger charge is -2.40. The minimum Gasteiger partial charge on any atom is -0.488 e. The fraction of sp³-hybridized carbons (Fsp3) is 0.520. The Morgan fingerprint density at radius 2 is 1.70 bits per heavy atom. The zero-order valence-electron chi connectivity index (χ0n) is 18.5. The highest BCUT2D eigenvalue weighted by Gasteiger charge is 2.44. The molecule has 0 spiro atoms. The Balaban J connectivity index is 1.47. The number of halogens is 1. The number of rotatable bonds is 7. The summed E-state index contributed by atoms with van der Waals surface area (Å²) in [5.41, 5.74) is 2.47. The van der Waals surface area contributed by atoms with Crippen molar-refractivity contribution in [1.82, 2.24) is 0 Å². The third kappa shape index (κ3) is 5.35. The molecule has 1 saturated heterocycles. The number of ether oxygens (including phenoxy) is 3. The molecule has 1 heterocycles. The largest absolute Gasteiger partial charge is 0.488 e. The Bertz CT molecular complexity index is 919. The molecule has 1 aliphatic carbocycles. The van der Waals surface area contributed by atoms with Crippen molar-refractivity contribution in [2.24, 2.45) is 0 Å². The lowest BCUT2D eigenvalue weighted by Crippen LogP contribution is -2.55. The average molecular weight is 479 g/mol. The number of methoxy groups -OCH3 is 1. The molecule has 180 valence electrons. The van der Waals surface area contributed by atoms with E-state index in [9.17, 15) is 20.4 Å². The van der Waals surface area contributed by atoms with Crippen LogP contribution in [-0.4, -0.2) is 70.8 Å². The van der Waals surface area contributed by atoms with Crippen molar-refractivity contribution in [1.29, 1.82) is 0 Å². The van der Waals surface area contributed by atoms with E-state index in [1.165, 1.54) is 0 Å². The molecule has 2 aliphatic rings. The zero-order chi connectivity index (χ0) is 23.5. The molecule has 0 aromatic heterocycles. The summed E-state index contributed by atoms with van der Waals surface area (Å²) >= 11 is 6.43. The van der Waals surface area contributed by atoms with E-state index in [0.717, 1.165) is 36.1 Å². The van der Waals surface area contributed by atoms with Crippen LogP contribution in [0.25, 0.3) is 0 Å². The van der Waals surface area contributed by atoms with Crippen molar-refractivity contribution in [3.8, 4) is 5.75 Å². The second-order valence-electron chi connectivity index (χ2n) is 8.78. The third-order valence-electron chi connectivity index (χ3n) is 6.59. The smallest absolute Gasteiger partial charge is 0.125 e. The van der Waals surface area contributed by atoms with Gasteiger partial charge < -0.3 is 34.6 Å². The van der Waals surface area contributed by atoms with E-state index >= 15 is 0 Å². The van der Waals surface area contributed by atoms with Gasteiger partial charge in [-0.05, 0) is 60.6 Å². The minimum atomic E-state index is -1.43. The van der Waals surface area contributed by atoms with E-state index in [0.29, 0.717) is 17.0 Å². The van der Waals surface area contributed by atoms with Crippen LogP contribution in [-0.2, 0) is 15.9 Å². The van der Waals surface area contributed by atoms with Crippen LogP contribution in [0, 0.1) is 0 Å². The van der Waals surface area contributed by atoms with Gasteiger partial charge in [-0.2, -0.15) is 0 Å². The summed E-state index contributed by atoms with van der Waals surface area (Å²) in [5.74, 6) is 0.800. The fourth-order valence-electron chi connectivity index (χ4n) is 4.66. The first kappa shape index (κ1) is 24.4. The van der Waals surface area contributed by atoms with E-state index in [1.807, 2.05) is 30.3 Å². The lowest BCUT2D eigenvalue weighted by molar-refractivity contribution is -0.231. The molecule has 0 amide bonds. The van der Waals surface area contributed by atoms with E-state index in [-0.39, 0.29) is 12.2 Å². The Kier molecular flexibility index (Phi) is 7.91. The van der Waals surface area contributed by atoms with Crippen molar-refractivity contribution >= 4 is 11.6 Å². The third-order valence-corrected chi connectivity index (χ3v) is 6.96. The van der Waals surface area contributed by atoms with Gasteiger partial charge in [0.1, 0.15) is 42.4 Å². The van der Waals surface area contributed by atoms with Gasteiger partial charge in [0.25, 0.3) is 0 Å². The quantitative estimate of drug-likeness (QED) is 0.484. The molecular formula is C25H31ClO7. The Labute approximate surface area is 198 Å². The van der Waals surface area contributed by atoms with Gasteiger partial charge in [-0.15, -0.1) is 0 Å². The zero-order valence-corrected chi connectivity index (χ0v) is 19.3. The molecule has 4 rings (SSSR count). The summed E-state index contributed by atoms with van der Waals surface area (Å²) in [6, 6.07) is 13.1. The highest BCUT2D eigenvalue weighted by atomic mass is 35.5. The monoisotopic (exact) mass is 478 g/mol. The summed E-state index contributed by atoms with van der Waals surface area (Å²) in [7, 11) is 1.72. The van der Waals surface area contributed by atoms with Gasteiger partial charge in [0.15, 0.2) is 0 Å². The standard InChI is InChI=1S/C25H31ClO7/c1-31-19-3-2-4-20(19)32-17-8-5-14(6-9-17)11-16-12-15(7-10-18(16)26)25-24(30)23(29)22(28)21(13-27)33-25/h5-10,12,19-25,27-30H,2-4,11,13H2,1H3/t19?,20?,21-,22-,23+,24-,25+/m1/s1. The molecule has 8 heteroatoms. The number of aliphatic hydroxyl groups excluding tert-OH is 4. The molecule has 0 radical (unpaired) electrons. The average Bonchev–Trinajstić information content (AvgIpc) is 3.27. The predicted molar refractivity (Wildman–Crippen MR) is 122 cm³/mol. The van der Waals surface area contributed by atoms with Crippen LogP contribution >= 0.6 is 11.6 Å². The van der Waals surface area contributed by atoms with Gasteiger partial charge in [0, 0.05) is 12.1 Å². The Morgan fingerprint density at radius 3 is 2.39 bits per heavy atom. The highest BCUT2D eigenvalue weighted by molar-refractivity contribution is 6.31. The SMILES string of the molecule is COC1CCCC1Oc1ccc(Cc2cc([C@@H]3O[C@H](CO)[C@@H](O)[C@H](O)[C@H]3O)ccc2Cl)cc1. The molecule has 2 fully saturated rings. The summed E-state index contributed by atoms with van der Waals surface area (Å²) < 4.78 is 17.3. The van der Waals surface area contributed by atoms with Crippen LogP contribution in [0.3, 0.4) is 0 Å². The van der Waals surface area contributed by atoms with Gasteiger partial charge in [-0.3, -0.25) is 0 Å². The van der Waals surface area contributed by atoms with E-state index in [1.54, 1.807) is 19.2 Å². The van der Waals surface area contributed by atoms with Crippen LogP contribution in [0.2, 0.25) is 5.02 Å². The van der Waals surface area contributed by atoms with Crippen LogP contribution < -0.4 is 4.74 Å². The van der Waals surface area contributed by atoms with Crippen molar-refractivity contribution in [3.05, 3.63) is 64.2 Å². The second-order valence-corrected chi connectivity index (χ2v) is 9.19. The first-order valence-corrected chi connectivity index (χ1v) is 11.7. The molecule has 4 N–H and O–H groups in total. The Hall–Kier alpha value is -1.71. The van der Waals surface area contributed by atoms with Gasteiger partial charge in [-0.1, -0.05) is 35.9 Å². The summed E-state index contributed by atoms with van der Waals surface area (Å²) in [6.45, 7) is -0.470. The van der Waals surface area contributed by atoms with E-state index in [2.05, 4.69) is 0 Å².